The van der Waals surface area contributed by atoms with Gasteiger partial charge in [0.25, 0.3) is 0 Å². The van der Waals surface area contributed by atoms with E-state index in [0.717, 1.165) is 53.0 Å². The highest BCUT2D eigenvalue weighted by Crippen LogP contribution is 2.23. The van der Waals surface area contributed by atoms with Crippen molar-refractivity contribution < 1.29 is 9.59 Å². The van der Waals surface area contributed by atoms with E-state index in [1.807, 2.05) is 48.5 Å². The van der Waals surface area contributed by atoms with Crippen LogP contribution >= 0.6 is 0 Å². The van der Waals surface area contributed by atoms with Gasteiger partial charge in [-0.3, -0.25) is 9.59 Å². The van der Waals surface area contributed by atoms with Gasteiger partial charge in [-0.15, -0.1) is 0 Å². The first-order chi connectivity index (χ1) is 17.2. The summed E-state index contributed by atoms with van der Waals surface area (Å²) in [6.07, 6.45) is 5.52. The van der Waals surface area contributed by atoms with Crippen molar-refractivity contribution in [3.63, 3.8) is 0 Å². The fourth-order valence-corrected chi connectivity index (χ4v) is 4.59. The van der Waals surface area contributed by atoms with E-state index in [0.29, 0.717) is 6.41 Å². The van der Waals surface area contributed by atoms with Gasteiger partial charge < -0.3 is 21.3 Å². The molecule has 0 radical (unpaired) electrons. The standard InChI is InChI=1S/C14H20N2O.C10H13NO.C4H9N.C2H6/c1-9-7-10(2)13(11(3)8-9)16-14(17)12-5-4-6-15-12;1-7-4-8(2)10(11-6-12)9(3)5-7;1-2-4-5-3-1;1-2/h7-8,12,15H,4-6H2,1-3H3,(H,16,17);4-6H,1-3H3,(H,11,12);5H,1-4H2;1-2H3/t12-;;;/m1.../s1. The number of carbonyl (C=O) groups is 2. The van der Waals surface area contributed by atoms with Crippen LogP contribution in [0.3, 0.4) is 0 Å². The maximum atomic E-state index is 12.0. The van der Waals surface area contributed by atoms with Crippen LogP contribution in [-0.4, -0.2) is 38.0 Å². The highest BCUT2D eigenvalue weighted by molar-refractivity contribution is 5.96. The smallest absolute Gasteiger partial charge is 0.241 e. The van der Waals surface area contributed by atoms with Gasteiger partial charge in [-0.2, -0.15) is 0 Å². The molecular weight excluding hydrogens is 448 g/mol. The van der Waals surface area contributed by atoms with Crippen molar-refractivity contribution in [2.45, 2.75) is 87.1 Å². The molecular formula is C30H48N4O2. The molecule has 2 heterocycles. The normalized spacial score (nSPS) is 15.8. The molecule has 4 rings (SSSR count). The Labute approximate surface area is 219 Å². The van der Waals surface area contributed by atoms with Crippen molar-refractivity contribution in [2.75, 3.05) is 30.3 Å². The Hall–Kier alpha value is -2.70. The van der Waals surface area contributed by atoms with Crippen LogP contribution in [0.4, 0.5) is 11.4 Å². The third-order valence-electron chi connectivity index (χ3n) is 6.14. The highest BCUT2D eigenvalue weighted by atomic mass is 16.2. The minimum atomic E-state index is -0.0184. The minimum Gasteiger partial charge on any atom is -0.328 e. The van der Waals surface area contributed by atoms with Crippen LogP contribution in [0, 0.1) is 41.5 Å². The molecule has 2 fully saturated rings. The third kappa shape index (κ3) is 10.5. The van der Waals surface area contributed by atoms with Crippen LogP contribution in [-0.2, 0) is 9.59 Å². The van der Waals surface area contributed by atoms with E-state index in [9.17, 15) is 9.59 Å². The summed E-state index contributed by atoms with van der Waals surface area (Å²) >= 11 is 0. The number of benzene rings is 2. The number of rotatable bonds is 4. The number of carbonyl (C=O) groups excluding carboxylic acids is 2. The van der Waals surface area contributed by atoms with E-state index >= 15 is 0 Å². The molecule has 0 bridgehead atoms. The fraction of sp³-hybridized carbons (Fsp3) is 0.533. The summed E-state index contributed by atoms with van der Waals surface area (Å²) in [6.45, 7) is 19.6. The lowest BCUT2D eigenvalue weighted by molar-refractivity contribution is -0.117. The molecule has 0 saturated carbocycles. The first-order valence-corrected chi connectivity index (χ1v) is 13.3. The van der Waals surface area contributed by atoms with E-state index < -0.39 is 0 Å². The maximum Gasteiger partial charge on any atom is 0.241 e. The van der Waals surface area contributed by atoms with E-state index in [4.69, 9.17) is 0 Å². The van der Waals surface area contributed by atoms with Gasteiger partial charge in [0, 0.05) is 11.4 Å². The molecule has 2 saturated heterocycles. The lowest BCUT2D eigenvalue weighted by atomic mass is 10.0. The second kappa shape index (κ2) is 16.9. The Morgan fingerprint density at radius 1 is 0.778 bits per heavy atom. The van der Waals surface area contributed by atoms with Crippen molar-refractivity contribution in [3.8, 4) is 0 Å². The predicted molar refractivity (Wildman–Crippen MR) is 154 cm³/mol. The van der Waals surface area contributed by atoms with E-state index in [2.05, 4.69) is 52.5 Å². The van der Waals surface area contributed by atoms with Crippen molar-refractivity contribution >= 4 is 23.7 Å². The Balaban J connectivity index is 0.000000295. The minimum absolute atomic E-state index is 0.0184. The van der Waals surface area contributed by atoms with Gasteiger partial charge >= 0.3 is 0 Å². The summed E-state index contributed by atoms with van der Waals surface area (Å²) in [5.41, 5.74) is 8.84. The molecule has 0 aliphatic carbocycles. The van der Waals surface area contributed by atoms with Gasteiger partial charge in [-0.1, -0.05) is 49.2 Å². The summed E-state index contributed by atoms with van der Waals surface area (Å²) in [5, 5.41) is 12.2. The molecule has 4 N–H and O–H groups in total. The molecule has 2 amide bonds. The first-order valence-electron chi connectivity index (χ1n) is 13.3. The molecule has 0 aromatic heterocycles. The summed E-state index contributed by atoms with van der Waals surface area (Å²) in [7, 11) is 0. The van der Waals surface area contributed by atoms with Crippen molar-refractivity contribution in [1.29, 1.82) is 0 Å². The second-order valence-electron chi connectivity index (χ2n) is 9.40. The number of hydrogen-bond acceptors (Lipinski definition) is 4. The van der Waals surface area contributed by atoms with Crippen molar-refractivity contribution in [1.82, 2.24) is 10.6 Å². The van der Waals surface area contributed by atoms with Gasteiger partial charge in [0.1, 0.15) is 0 Å². The molecule has 36 heavy (non-hydrogen) atoms. The largest absolute Gasteiger partial charge is 0.328 e. The van der Waals surface area contributed by atoms with Crippen molar-refractivity contribution in [2.24, 2.45) is 0 Å². The van der Waals surface area contributed by atoms with Gasteiger partial charge in [0.05, 0.1) is 6.04 Å². The first kappa shape index (κ1) is 31.3. The lowest BCUT2D eigenvalue weighted by Crippen LogP contribution is -2.35. The van der Waals surface area contributed by atoms with Gasteiger partial charge in [0.2, 0.25) is 12.3 Å². The Bertz CT molecular complexity index is 908. The molecule has 2 aliphatic heterocycles. The molecule has 6 nitrogen and oxygen atoms in total. The third-order valence-corrected chi connectivity index (χ3v) is 6.14. The lowest BCUT2D eigenvalue weighted by Gasteiger charge is -2.15. The van der Waals surface area contributed by atoms with Crippen LogP contribution in [0.15, 0.2) is 24.3 Å². The fourth-order valence-electron chi connectivity index (χ4n) is 4.59. The van der Waals surface area contributed by atoms with Gasteiger partial charge in [0.15, 0.2) is 0 Å². The van der Waals surface area contributed by atoms with Crippen LogP contribution in [0.25, 0.3) is 0 Å². The van der Waals surface area contributed by atoms with Crippen LogP contribution in [0.2, 0.25) is 0 Å². The molecule has 0 spiro atoms. The number of hydrogen-bond donors (Lipinski definition) is 4. The monoisotopic (exact) mass is 496 g/mol. The molecule has 0 unspecified atom stereocenters. The molecule has 6 heteroatoms. The average molecular weight is 497 g/mol. The van der Waals surface area contributed by atoms with Gasteiger partial charge in [-0.05, 0) is 109 Å². The molecule has 1 atom stereocenters. The number of aryl methyl sites for hydroxylation is 6. The zero-order valence-electron chi connectivity index (χ0n) is 23.7. The number of anilines is 2. The Morgan fingerprint density at radius 3 is 1.61 bits per heavy atom. The topological polar surface area (TPSA) is 82.3 Å². The zero-order chi connectivity index (χ0) is 27.1. The highest BCUT2D eigenvalue weighted by Gasteiger charge is 2.22. The SMILES string of the molecule is C1CCNC1.CC.Cc1cc(C)c(NC(=O)[C@H]2CCCN2)c(C)c1.Cc1cc(C)c(NC=O)c(C)c1. The number of nitrogens with one attached hydrogen (secondary N) is 4. The second-order valence-corrected chi connectivity index (χ2v) is 9.40. The number of amides is 2. The quantitative estimate of drug-likeness (QED) is 0.399. The van der Waals surface area contributed by atoms with Crippen LogP contribution in [0.5, 0.6) is 0 Å². The van der Waals surface area contributed by atoms with E-state index in [1.165, 1.54) is 37.1 Å². The zero-order valence-corrected chi connectivity index (χ0v) is 23.7. The summed E-state index contributed by atoms with van der Waals surface area (Å²) in [4.78, 5) is 22.3. The summed E-state index contributed by atoms with van der Waals surface area (Å²) in [5.74, 6) is 0.0950. The summed E-state index contributed by atoms with van der Waals surface area (Å²) in [6, 6.07) is 8.29. The summed E-state index contributed by atoms with van der Waals surface area (Å²) < 4.78 is 0. The molecule has 2 aliphatic rings. The Kier molecular flexibility index (Phi) is 14.7. The predicted octanol–water partition coefficient (Wildman–Crippen LogP) is 5.88. The Morgan fingerprint density at radius 2 is 1.25 bits per heavy atom. The van der Waals surface area contributed by atoms with Crippen LogP contribution < -0.4 is 21.3 Å². The maximum absolute atomic E-state index is 12.0. The molecule has 2 aromatic rings. The van der Waals surface area contributed by atoms with Crippen molar-refractivity contribution in [3.05, 3.63) is 57.6 Å². The average Bonchev–Trinajstić information content (AvgIpc) is 3.57. The van der Waals surface area contributed by atoms with E-state index in [-0.39, 0.29) is 11.9 Å². The van der Waals surface area contributed by atoms with E-state index in [1.54, 1.807) is 0 Å². The molecule has 2 aromatic carbocycles. The van der Waals surface area contributed by atoms with Gasteiger partial charge in [-0.25, -0.2) is 0 Å². The van der Waals surface area contributed by atoms with Crippen LogP contribution in [0.1, 0.15) is 72.9 Å². The molecule has 200 valence electrons.